The van der Waals surface area contributed by atoms with Gasteiger partial charge in [-0.15, -0.1) is 0 Å². The predicted molar refractivity (Wildman–Crippen MR) is 74.3 cm³/mol. The molecule has 0 aliphatic rings. The molecule has 0 fully saturated rings. The number of ether oxygens (including phenoxy) is 1. The van der Waals surface area contributed by atoms with E-state index >= 15 is 0 Å². The van der Waals surface area contributed by atoms with Crippen LogP contribution in [-0.2, 0) is 11.3 Å². The minimum Gasteiger partial charge on any atom is -0.374 e. The maximum atomic E-state index is 5.80. The van der Waals surface area contributed by atoms with Crippen LogP contribution in [0, 0.1) is 0 Å². The van der Waals surface area contributed by atoms with Gasteiger partial charge in [0.25, 0.3) is 0 Å². The zero-order valence-corrected chi connectivity index (χ0v) is 11.7. The molecular weight excluding hydrogens is 208 g/mol. The molecule has 0 aliphatic carbocycles. The second-order valence-corrected chi connectivity index (χ2v) is 4.96. The zero-order chi connectivity index (χ0) is 12.7. The van der Waals surface area contributed by atoms with E-state index in [0.29, 0.717) is 12.0 Å². The number of benzene rings is 1. The first-order valence-electron chi connectivity index (χ1n) is 6.87. The molecule has 0 spiro atoms. The highest BCUT2D eigenvalue weighted by Gasteiger charge is 2.04. The first-order chi connectivity index (χ1) is 8.17. The Balaban J connectivity index is 2.45. The molecule has 1 aromatic rings. The van der Waals surface area contributed by atoms with Crippen molar-refractivity contribution in [3.8, 4) is 0 Å². The van der Waals surface area contributed by atoms with Gasteiger partial charge in [-0.1, -0.05) is 51.5 Å². The Morgan fingerprint density at radius 1 is 1.06 bits per heavy atom. The van der Waals surface area contributed by atoms with Crippen LogP contribution in [-0.4, -0.2) is 6.10 Å². The minimum atomic E-state index is 0.370. The Labute approximate surface area is 106 Å². The summed E-state index contributed by atoms with van der Waals surface area (Å²) in [6.45, 7) is 9.59. The van der Waals surface area contributed by atoms with Crippen LogP contribution in [0.4, 0.5) is 0 Å². The van der Waals surface area contributed by atoms with Gasteiger partial charge >= 0.3 is 0 Å². The molecule has 2 atom stereocenters. The summed E-state index contributed by atoms with van der Waals surface area (Å²) >= 11 is 0. The molecule has 0 aliphatic heterocycles. The molecule has 0 bridgehead atoms. The van der Waals surface area contributed by atoms with E-state index in [0.717, 1.165) is 13.0 Å². The third-order valence-corrected chi connectivity index (χ3v) is 3.39. The third kappa shape index (κ3) is 4.91. The fourth-order valence-electron chi connectivity index (χ4n) is 1.91. The molecule has 1 heteroatoms. The van der Waals surface area contributed by atoms with Gasteiger partial charge in [0.05, 0.1) is 12.7 Å². The average Bonchev–Trinajstić information content (AvgIpc) is 2.36. The van der Waals surface area contributed by atoms with Crippen molar-refractivity contribution in [3.05, 3.63) is 35.4 Å². The molecule has 0 amide bonds. The van der Waals surface area contributed by atoms with E-state index in [9.17, 15) is 0 Å². The van der Waals surface area contributed by atoms with Crippen molar-refractivity contribution in [2.75, 3.05) is 0 Å². The molecule has 0 heterocycles. The molecule has 1 aromatic carbocycles. The normalized spacial score (nSPS) is 14.6. The Kier molecular flexibility index (Phi) is 6.28. The van der Waals surface area contributed by atoms with Crippen molar-refractivity contribution in [2.45, 2.75) is 65.6 Å². The van der Waals surface area contributed by atoms with E-state index in [1.54, 1.807) is 0 Å². The van der Waals surface area contributed by atoms with Crippen LogP contribution in [0.3, 0.4) is 0 Å². The first-order valence-corrected chi connectivity index (χ1v) is 6.87. The first kappa shape index (κ1) is 14.2. The van der Waals surface area contributed by atoms with Crippen LogP contribution in [0.5, 0.6) is 0 Å². The lowest BCUT2D eigenvalue weighted by Crippen LogP contribution is -2.07. The highest BCUT2D eigenvalue weighted by Crippen LogP contribution is 2.19. The quantitative estimate of drug-likeness (QED) is 0.651. The number of hydrogen-bond donors (Lipinski definition) is 0. The Morgan fingerprint density at radius 3 is 2.24 bits per heavy atom. The number of rotatable bonds is 7. The Morgan fingerprint density at radius 2 is 1.71 bits per heavy atom. The molecule has 0 radical (unpaired) electrons. The molecule has 2 unspecified atom stereocenters. The van der Waals surface area contributed by atoms with Crippen LogP contribution >= 0.6 is 0 Å². The lowest BCUT2D eigenvalue weighted by Gasteiger charge is -2.13. The molecule has 0 aromatic heterocycles. The van der Waals surface area contributed by atoms with E-state index in [2.05, 4.69) is 52.0 Å². The Bertz CT molecular complexity index is 302. The zero-order valence-electron chi connectivity index (χ0n) is 11.7. The van der Waals surface area contributed by atoms with Gasteiger partial charge in [-0.05, 0) is 36.8 Å². The van der Waals surface area contributed by atoms with E-state index in [1.807, 2.05) is 0 Å². The van der Waals surface area contributed by atoms with Crippen molar-refractivity contribution in [2.24, 2.45) is 0 Å². The van der Waals surface area contributed by atoms with Crippen LogP contribution in [0.15, 0.2) is 24.3 Å². The van der Waals surface area contributed by atoms with Crippen molar-refractivity contribution in [1.82, 2.24) is 0 Å². The third-order valence-electron chi connectivity index (χ3n) is 3.39. The molecular formula is C16H26O. The molecule has 1 nitrogen and oxygen atoms in total. The molecule has 96 valence electrons. The van der Waals surface area contributed by atoms with Gasteiger partial charge in [-0.2, -0.15) is 0 Å². The maximum Gasteiger partial charge on any atom is 0.0720 e. The second kappa shape index (κ2) is 7.50. The smallest absolute Gasteiger partial charge is 0.0720 e. The van der Waals surface area contributed by atoms with Gasteiger partial charge in [-0.3, -0.25) is 0 Å². The minimum absolute atomic E-state index is 0.370. The predicted octanol–water partition coefficient (Wildman–Crippen LogP) is 4.91. The van der Waals surface area contributed by atoms with Crippen LogP contribution in [0.1, 0.15) is 64.0 Å². The summed E-state index contributed by atoms with van der Waals surface area (Å²) in [6.07, 6.45) is 3.90. The summed E-state index contributed by atoms with van der Waals surface area (Å²) in [5.74, 6) is 0.656. The second-order valence-electron chi connectivity index (χ2n) is 4.96. The van der Waals surface area contributed by atoms with E-state index in [1.165, 1.54) is 24.0 Å². The standard InChI is InChI=1S/C16H26O/c1-5-7-14(4)17-12-15-8-10-16(11-9-15)13(3)6-2/h8-11,13-14H,5-7,12H2,1-4H3. The van der Waals surface area contributed by atoms with Gasteiger partial charge < -0.3 is 4.74 Å². The van der Waals surface area contributed by atoms with Crippen molar-refractivity contribution >= 4 is 0 Å². The van der Waals surface area contributed by atoms with Crippen LogP contribution < -0.4 is 0 Å². The summed E-state index contributed by atoms with van der Waals surface area (Å²) in [4.78, 5) is 0. The van der Waals surface area contributed by atoms with Crippen LogP contribution in [0.25, 0.3) is 0 Å². The highest BCUT2D eigenvalue weighted by molar-refractivity contribution is 5.24. The van der Waals surface area contributed by atoms with Crippen molar-refractivity contribution < 1.29 is 4.74 Å². The monoisotopic (exact) mass is 234 g/mol. The Hall–Kier alpha value is -0.820. The summed E-state index contributed by atoms with van der Waals surface area (Å²) < 4.78 is 5.80. The van der Waals surface area contributed by atoms with E-state index < -0.39 is 0 Å². The molecule has 0 saturated heterocycles. The van der Waals surface area contributed by atoms with Crippen LogP contribution in [0.2, 0.25) is 0 Å². The highest BCUT2D eigenvalue weighted by atomic mass is 16.5. The van der Waals surface area contributed by atoms with E-state index in [-0.39, 0.29) is 0 Å². The summed E-state index contributed by atoms with van der Waals surface area (Å²) in [5.41, 5.74) is 2.71. The van der Waals surface area contributed by atoms with Gasteiger partial charge in [0, 0.05) is 0 Å². The SMILES string of the molecule is CCCC(C)OCc1ccc(C(C)CC)cc1. The average molecular weight is 234 g/mol. The molecule has 0 saturated carbocycles. The molecule has 17 heavy (non-hydrogen) atoms. The summed E-state index contributed by atoms with van der Waals surface area (Å²) in [7, 11) is 0. The largest absolute Gasteiger partial charge is 0.374 e. The van der Waals surface area contributed by atoms with Gasteiger partial charge in [0.15, 0.2) is 0 Å². The summed E-state index contributed by atoms with van der Waals surface area (Å²) in [5, 5.41) is 0. The molecule has 0 N–H and O–H groups in total. The summed E-state index contributed by atoms with van der Waals surface area (Å²) in [6, 6.07) is 8.86. The number of hydrogen-bond acceptors (Lipinski definition) is 1. The van der Waals surface area contributed by atoms with Crippen molar-refractivity contribution in [3.63, 3.8) is 0 Å². The maximum absolute atomic E-state index is 5.80. The molecule has 1 rings (SSSR count). The van der Waals surface area contributed by atoms with E-state index in [4.69, 9.17) is 4.74 Å². The fourth-order valence-corrected chi connectivity index (χ4v) is 1.91. The fraction of sp³-hybridized carbons (Fsp3) is 0.625. The van der Waals surface area contributed by atoms with Gasteiger partial charge in [0.2, 0.25) is 0 Å². The van der Waals surface area contributed by atoms with Gasteiger partial charge in [-0.25, -0.2) is 0 Å². The van der Waals surface area contributed by atoms with Gasteiger partial charge in [0.1, 0.15) is 0 Å². The topological polar surface area (TPSA) is 9.23 Å². The van der Waals surface area contributed by atoms with Crippen molar-refractivity contribution in [1.29, 1.82) is 0 Å². The lowest BCUT2D eigenvalue weighted by molar-refractivity contribution is 0.0472. The lowest BCUT2D eigenvalue weighted by atomic mass is 9.98.